The van der Waals surface area contributed by atoms with E-state index in [2.05, 4.69) is 15.3 Å². The van der Waals surface area contributed by atoms with Crippen LogP contribution in [-0.4, -0.2) is 52.7 Å². The zero-order valence-electron chi connectivity index (χ0n) is 12.0. The van der Waals surface area contributed by atoms with Gasteiger partial charge in [-0.25, -0.2) is 4.98 Å². The highest BCUT2D eigenvalue weighted by Gasteiger charge is 2.32. The zero-order valence-corrected chi connectivity index (χ0v) is 12.0. The number of hydrogen-bond acceptors (Lipinski definition) is 6. The first-order valence-corrected chi connectivity index (χ1v) is 6.76. The molecular weight excluding hydrogens is 276 g/mol. The van der Waals surface area contributed by atoms with Gasteiger partial charge in [-0.15, -0.1) is 0 Å². The Bertz CT molecular complexity index is 549. The first-order chi connectivity index (χ1) is 10.0. The normalized spacial score (nSPS) is 18.3. The Morgan fingerprint density at radius 1 is 1.57 bits per heavy atom. The number of aryl methyl sites for hydroxylation is 1. The minimum absolute atomic E-state index is 0.279. The van der Waals surface area contributed by atoms with Crippen molar-refractivity contribution in [1.29, 1.82) is 0 Å². The summed E-state index contributed by atoms with van der Waals surface area (Å²) >= 11 is 0. The van der Waals surface area contributed by atoms with Crippen LogP contribution < -0.4 is 15.0 Å². The largest absolute Gasteiger partial charge is 0.481 e. The molecule has 0 saturated carbocycles. The number of carboxylic acid groups (broad SMARTS) is 1. The quantitative estimate of drug-likeness (QED) is 0.785. The highest BCUT2D eigenvalue weighted by Crippen LogP contribution is 2.22. The van der Waals surface area contributed by atoms with Gasteiger partial charge in [0.05, 0.1) is 13.0 Å². The maximum Gasteiger partial charge on any atom is 0.305 e. The van der Waals surface area contributed by atoms with Crippen molar-refractivity contribution in [3.8, 4) is 5.88 Å². The van der Waals surface area contributed by atoms with Gasteiger partial charge in [-0.1, -0.05) is 0 Å². The summed E-state index contributed by atoms with van der Waals surface area (Å²) in [5.74, 6) is 0.0962. The molecule has 0 spiro atoms. The Morgan fingerprint density at radius 3 is 3.00 bits per heavy atom. The van der Waals surface area contributed by atoms with E-state index in [1.54, 1.807) is 17.9 Å². The smallest absolute Gasteiger partial charge is 0.305 e. The van der Waals surface area contributed by atoms with E-state index in [1.807, 2.05) is 6.92 Å². The molecule has 2 heterocycles. The lowest BCUT2D eigenvalue weighted by molar-refractivity contribution is -0.139. The van der Waals surface area contributed by atoms with Crippen molar-refractivity contribution >= 4 is 17.7 Å². The van der Waals surface area contributed by atoms with Gasteiger partial charge >= 0.3 is 5.97 Å². The molecule has 1 fully saturated rings. The fourth-order valence-electron chi connectivity index (χ4n) is 2.25. The molecule has 8 heteroatoms. The summed E-state index contributed by atoms with van der Waals surface area (Å²) in [6.45, 7) is 4.98. The second-order valence-electron chi connectivity index (χ2n) is 4.64. The van der Waals surface area contributed by atoms with E-state index < -0.39 is 12.0 Å². The third-order valence-electron chi connectivity index (χ3n) is 3.09. The van der Waals surface area contributed by atoms with Gasteiger partial charge in [0.25, 0.3) is 0 Å². The molecule has 1 aromatic heterocycles. The van der Waals surface area contributed by atoms with Crippen LogP contribution in [0.3, 0.4) is 0 Å². The van der Waals surface area contributed by atoms with E-state index >= 15 is 0 Å². The van der Waals surface area contributed by atoms with Crippen molar-refractivity contribution in [1.82, 2.24) is 15.3 Å². The minimum Gasteiger partial charge on any atom is -0.481 e. The van der Waals surface area contributed by atoms with Crippen LogP contribution in [0.15, 0.2) is 6.07 Å². The van der Waals surface area contributed by atoms with Crippen LogP contribution in [0.5, 0.6) is 5.88 Å². The van der Waals surface area contributed by atoms with Gasteiger partial charge in [0.1, 0.15) is 17.7 Å². The minimum atomic E-state index is -1.03. The Labute approximate surface area is 122 Å². The number of carboxylic acids is 1. The first-order valence-electron chi connectivity index (χ1n) is 6.76. The molecule has 1 saturated heterocycles. The molecule has 0 aliphatic carbocycles. The summed E-state index contributed by atoms with van der Waals surface area (Å²) in [7, 11) is 0. The highest BCUT2D eigenvalue weighted by molar-refractivity contribution is 5.90. The first kappa shape index (κ1) is 15.0. The van der Waals surface area contributed by atoms with Gasteiger partial charge < -0.3 is 20.1 Å². The molecule has 8 nitrogen and oxygen atoms in total. The van der Waals surface area contributed by atoms with Crippen molar-refractivity contribution in [2.24, 2.45) is 0 Å². The molecule has 1 aliphatic rings. The number of carbonyl (C=O) groups excluding carboxylic acids is 1. The van der Waals surface area contributed by atoms with E-state index in [4.69, 9.17) is 9.84 Å². The molecule has 1 atom stereocenters. The Morgan fingerprint density at radius 2 is 2.33 bits per heavy atom. The van der Waals surface area contributed by atoms with E-state index in [0.29, 0.717) is 37.2 Å². The molecule has 21 heavy (non-hydrogen) atoms. The Hall–Kier alpha value is -2.38. The topological polar surface area (TPSA) is 105 Å². The van der Waals surface area contributed by atoms with Gasteiger partial charge in [-0.3, -0.25) is 9.59 Å². The molecule has 1 unspecified atom stereocenters. The number of rotatable bonds is 5. The number of aromatic nitrogens is 2. The van der Waals surface area contributed by atoms with E-state index in [-0.39, 0.29) is 12.3 Å². The molecule has 2 rings (SSSR count). The number of nitrogens with one attached hydrogen (secondary N) is 1. The van der Waals surface area contributed by atoms with Crippen LogP contribution in [0, 0.1) is 6.92 Å². The lowest BCUT2D eigenvalue weighted by Crippen LogP contribution is -2.56. The molecule has 0 radical (unpaired) electrons. The van der Waals surface area contributed by atoms with Crippen molar-refractivity contribution in [2.75, 3.05) is 24.6 Å². The second kappa shape index (κ2) is 6.38. The standard InChI is InChI=1S/C13H18N4O4/c1-3-21-11-7-10(15-8(2)16-11)17-5-4-14-13(20)9(17)6-12(18)19/h7,9H,3-6H2,1-2H3,(H,14,20)(H,18,19). The maximum atomic E-state index is 11.9. The van der Waals surface area contributed by atoms with E-state index in [9.17, 15) is 9.59 Å². The molecule has 0 bridgehead atoms. The van der Waals surface area contributed by atoms with Crippen LogP contribution in [0.4, 0.5) is 5.82 Å². The average Bonchev–Trinajstić information content (AvgIpc) is 2.40. The van der Waals surface area contributed by atoms with Crippen LogP contribution in [0.1, 0.15) is 19.2 Å². The number of amides is 1. The van der Waals surface area contributed by atoms with Gasteiger partial charge in [0.2, 0.25) is 11.8 Å². The van der Waals surface area contributed by atoms with Crippen LogP contribution >= 0.6 is 0 Å². The lowest BCUT2D eigenvalue weighted by atomic mass is 10.1. The van der Waals surface area contributed by atoms with E-state index in [1.165, 1.54) is 0 Å². The summed E-state index contributed by atoms with van der Waals surface area (Å²) in [5, 5.41) is 11.7. The van der Waals surface area contributed by atoms with Crippen molar-refractivity contribution < 1.29 is 19.4 Å². The molecule has 1 aliphatic heterocycles. The number of nitrogens with zero attached hydrogens (tertiary/aromatic N) is 3. The second-order valence-corrected chi connectivity index (χ2v) is 4.64. The van der Waals surface area contributed by atoms with Gasteiger partial charge in [-0.05, 0) is 13.8 Å². The fourth-order valence-corrected chi connectivity index (χ4v) is 2.25. The zero-order chi connectivity index (χ0) is 15.4. The number of anilines is 1. The van der Waals surface area contributed by atoms with Crippen molar-refractivity contribution in [3.63, 3.8) is 0 Å². The van der Waals surface area contributed by atoms with Crippen LogP contribution in [0.25, 0.3) is 0 Å². The predicted molar refractivity (Wildman–Crippen MR) is 74.3 cm³/mol. The molecule has 0 aromatic carbocycles. The molecular formula is C13H18N4O4. The SMILES string of the molecule is CCOc1cc(N2CCNC(=O)C2CC(=O)O)nc(C)n1. The Balaban J connectivity index is 2.32. The number of aliphatic carboxylic acids is 1. The number of carbonyl (C=O) groups is 2. The van der Waals surface area contributed by atoms with Crippen LogP contribution in [-0.2, 0) is 9.59 Å². The third-order valence-corrected chi connectivity index (χ3v) is 3.09. The number of ether oxygens (including phenoxy) is 1. The summed E-state index contributed by atoms with van der Waals surface area (Å²) in [6, 6.07) is 0.851. The summed E-state index contributed by atoms with van der Waals surface area (Å²) < 4.78 is 5.37. The number of piperazine rings is 1. The van der Waals surface area contributed by atoms with Crippen molar-refractivity contribution in [2.45, 2.75) is 26.3 Å². The Kier molecular flexibility index (Phi) is 4.56. The molecule has 114 valence electrons. The monoisotopic (exact) mass is 294 g/mol. The molecule has 2 N–H and O–H groups in total. The van der Waals surface area contributed by atoms with Gasteiger partial charge in [0, 0.05) is 19.2 Å². The van der Waals surface area contributed by atoms with Crippen molar-refractivity contribution in [3.05, 3.63) is 11.9 Å². The lowest BCUT2D eigenvalue weighted by Gasteiger charge is -2.35. The summed E-state index contributed by atoms with van der Waals surface area (Å²) in [5.41, 5.74) is 0. The van der Waals surface area contributed by atoms with Gasteiger partial charge in [-0.2, -0.15) is 4.98 Å². The maximum absolute atomic E-state index is 11.9. The third kappa shape index (κ3) is 3.59. The highest BCUT2D eigenvalue weighted by atomic mass is 16.5. The molecule has 1 amide bonds. The molecule has 1 aromatic rings. The predicted octanol–water partition coefficient (Wildman–Crippen LogP) is -0.0368. The van der Waals surface area contributed by atoms with E-state index in [0.717, 1.165) is 0 Å². The fraction of sp³-hybridized carbons (Fsp3) is 0.538. The summed E-state index contributed by atoms with van der Waals surface area (Å²) in [6.07, 6.45) is -0.279. The number of hydrogen-bond donors (Lipinski definition) is 2. The average molecular weight is 294 g/mol. The van der Waals surface area contributed by atoms with Crippen LogP contribution in [0.2, 0.25) is 0 Å². The summed E-state index contributed by atoms with van der Waals surface area (Å²) in [4.78, 5) is 33.0. The van der Waals surface area contributed by atoms with Gasteiger partial charge in [0.15, 0.2) is 0 Å².